The Hall–Kier alpha value is -3.92. The molecule has 36 heavy (non-hydrogen) atoms. The summed E-state index contributed by atoms with van der Waals surface area (Å²) in [6, 6.07) is 13.2. The third kappa shape index (κ3) is 4.51. The van der Waals surface area contributed by atoms with Crippen molar-refractivity contribution in [1.82, 2.24) is 15.1 Å². The van der Waals surface area contributed by atoms with Crippen molar-refractivity contribution < 1.29 is 23.9 Å². The molecule has 1 N–H and O–H groups in total. The molecule has 0 aliphatic carbocycles. The molecule has 0 saturated carbocycles. The normalized spacial score (nSPS) is 16.1. The van der Waals surface area contributed by atoms with E-state index < -0.39 is 4.92 Å². The molecule has 1 aromatic heterocycles. The predicted molar refractivity (Wildman–Crippen MR) is 131 cm³/mol. The standard InChI is InChI=1S/C26H28N4O6/c1-17-24(30(32)33)18(2)29(28-17)14-19-3-5-20(6-4-19)25(31)27-15-26(9-11-34-12-10-26)21-7-8-22-23(13-21)36-16-35-22/h3-8,13H,9-12,14-16H2,1-2H3,(H,27,31). The largest absolute Gasteiger partial charge is 0.454 e. The van der Waals surface area contributed by atoms with Crippen LogP contribution >= 0.6 is 0 Å². The highest BCUT2D eigenvalue weighted by Crippen LogP contribution is 2.40. The van der Waals surface area contributed by atoms with Crippen LogP contribution in [0.4, 0.5) is 5.69 Å². The molecule has 0 radical (unpaired) electrons. The Balaban J connectivity index is 1.27. The topological polar surface area (TPSA) is 118 Å². The van der Waals surface area contributed by atoms with Crippen molar-refractivity contribution in [3.8, 4) is 11.5 Å². The molecular weight excluding hydrogens is 464 g/mol. The van der Waals surface area contributed by atoms with E-state index in [0.29, 0.717) is 43.3 Å². The van der Waals surface area contributed by atoms with Crippen LogP contribution in [0.1, 0.15) is 45.7 Å². The van der Waals surface area contributed by atoms with Gasteiger partial charge in [0.2, 0.25) is 6.79 Å². The number of carbonyl (C=O) groups is 1. The molecule has 188 valence electrons. The minimum Gasteiger partial charge on any atom is -0.454 e. The van der Waals surface area contributed by atoms with E-state index in [4.69, 9.17) is 14.2 Å². The highest BCUT2D eigenvalue weighted by atomic mass is 16.7. The zero-order valence-corrected chi connectivity index (χ0v) is 20.3. The van der Waals surface area contributed by atoms with Gasteiger partial charge >= 0.3 is 5.69 Å². The summed E-state index contributed by atoms with van der Waals surface area (Å²) >= 11 is 0. The lowest BCUT2D eigenvalue weighted by molar-refractivity contribution is -0.386. The van der Waals surface area contributed by atoms with Gasteiger partial charge in [-0.3, -0.25) is 19.6 Å². The molecule has 3 aromatic rings. The van der Waals surface area contributed by atoms with Crippen LogP contribution < -0.4 is 14.8 Å². The highest BCUT2D eigenvalue weighted by molar-refractivity contribution is 5.94. The van der Waals surface area contributed by atoms with Crippen molar-refractivity contribution in [2.45, 2.75) is 38.6 Å². The van der Waals surface area contributed by atoms with Crippen LogP contribution in [0.2, 0.25) is 0 Å². The molecule has 2 aliphatic rings. The van der Waals surface area contributed by atoms with Crippen LogP contribution in [-0.2, 0) is 16.7 Å². The number of aromatic nitrogens is 2. The minimum absolute atomic E-state index is 0.0375. The number of carbonyl (C=O) groups excluding carboxylic acids is 1. The quantitative estimate of drug-likeness (QED) is 0.395. The number of aryl methyl sites for hydroxylation is 1. The molecule has 0 bridgehead atoms. The number of ether oxygens (including phenoxy) is 3. The van der Waals surface area contributed by atoms with Crippen molar-refractivity contribution in [3.05, 3.63) is 80.7 Å². The predicted octanol–water partition coefficient (Wildman–Crippen LogP) is 3.66. The zero-order chi connectivity index (χ0) is 25.3. The van der Waals surface area contributed by atoms with Crippen LogP contribution in [0.25, 0.3) is 0 Å². The third-order valence-corrected chi connectivity index (χ3v) is 7.10. The van der Waals surface area contributed by atoms with Crippen LogP contribution in [-0.4, -0.2) is 47.2 Å². The third-order valence-electron chi connectivity index (χ3n) is 7.10. The summed E-state index contributed by atoms with van der Waals surface area (Å²) in [6.45, 7) is 5.66. The number of fused-ring (bicyclic) bond motifs is 1. The lowest BCUT2D eigenvalue weighted by atomic mass is 9.74. The Bertz CT molecular complexity index is 1290. The molecule has 0 unspecified atom stereocenters. The fourth-order valence-electron chi connectivity index (χ4n) is 4.95. The number of benzene rings is 2. The van der Waals surface area contributed by atoms with Gasteiger partial charge < -0.3 is 19.5 Å². The summed E-state index contributed by atoms with van der Waals surface area (Å²) < 4.78 is 18.2. The van der Waals surface area contributed by atoms with Gasteiger partial charge in [0, 0.05) is 30.7 Å². The fraction of sp³-hybridized carbons (Fsp3) is 0.385. The number of nitrogens with zero attached hydrogens (tertiary/aromatic N) is 3. The van der Waals surface area contributed by atoms with Crippen molar-refractivity contribution in [2.24, 2.45) is 0 Å². The maximum Gasteiger partial charge on any atom is 0.312 e. The van der Waals surface area contributed by atoms with E-state index >= 15 is 0 Å². The first-order valence-electron chi connectivity index (χ1n) is 11.9. The SMILES string of the molecule is Cc1nn(Cc2ccc(C(=O)NCC3(c4ccc5c(c4)OCO5)CCOCC3)cc2)c(C)c1[N+](=O)[O-]. The van der Waals surface area contributed by atoms with Gasteiger partial charge in [-0.05, 0) is 62.1 Å². The van der Waals surface area contributed by atoms with E-state index in [0.717, 1.165) is 35.5 Å². The number of hydrogen-bond acceptors (Lipinski definition) is 7. The Kier molecular flexibility index (Phi) is 6.36. The van der Waals surface area contributed by atoms with E-state index in [-0.39, 0.29) is 23.8 Å². The van der Waals surface area contributed by atoms with Crippen molar-refractivity contribution in [3.63, 3.8) is 0 Å². The van der Waals surface area contributed by atoms with Gasteiger partial charge in [0.15, 0.2) is 11.5 Å². The second-order valence-electron chi connectivity index (χ2n) is 9.27. The number of hydrogen-bond donors (Lipinski definition) is 1. The van der Waals surface area contributed by atoms with Crippen LogP contribution in [0.5, 0.6) is 11.5 Å². The van der Waals surface area contributed by atoms with E-state index in [2.05, 4.69) is 10.4 Å². The summed E-state index contributed by atoms with van der Waals surface area (Å²) in [4.78, 5) is 23.9. The van der Waals surface area contributed by atoms with Gasteiger partial charge in [-0.15, -0.1) is 0 Å². The minimum atomic E-state index is -0.406. The second-order valence-corrected chi connectivity index (χ2v) is 9.27. The van der Waals surface area contributed by atoms with Gasteiger partial charge in [0.05, 0.1) is 11.5 Å². The highest BCUT2D eigenvalue weighted by Gasteiger charge is 2.36. The number of rotatable bonds is 7. The van der Waals surface area contributed by atoms with E-state index in [9.17, 15) is 14.9 Å². The van der Waals surface area contributed by atoms with Crippen molar-refractivity contribution in [1.29, 1.82) is 0 Å². The molecule has 0 atom stereocenters. The molecule has 10 nitrogen and oxygen atoms in total. The summed E-state index contributed by atoms with van der Waals surface area (Å²) in [7, 11) is 0. The van der Waals surface area contributed by atoms with Gasteiger partial charge in [-0.25, -0.2) is 0 Å². The average molecular weight is 493 g/mol. The molecule has 10 heteroatoms. The van der Waals surface area contributed by atoms with Gasteiger partial charge in [0.1, 0.15) is 11.4 Å². The van der Waals surface area contributed by atoms with E-state index in [1.165, 1.54) is 0 Å². The maximum atomic E-state index is 13.0. The number of nitrogens with one attached hydrogen (secondary N) is 1. The molecule has 1 saturated heterocycles. The number of nitro groups is 1. The lowest BCUT2D eigenvalue weighted by Crippen LogP contribution is -2.44. The number of amides is 1. The van der Waals surface area contributed by atoms with Gasteiger partial charge in [-0.1, -0.05) is 18.2 Å². The monoisotopic (exact) mass is 492 g/mol. The van der Waals surface area contributed by atoms with Crippen molar-refractivity contribution >= 4 is 11.6 Å². The van der Waals surface area contributed by atoms with Crippen LogP contribution in [0.15, 0.2) is 42.5 Å². The lowest BCUT2D eigenvalue weighted by Gasteiger charge is -2.38. The average Bonchev–Trinajstić information content (AvgIpc) is 3.46. The summed E-state index contributed by atoms with van der Waals surface area (Å²) in [6.07, 6.45) is 1.58. The maximum absolute atomic E-state index is 13.0. The molecule has 1 fully saturated rings. The second kappa shape index (κ2) is 9.62. The Morgan fingerprint density at radius 3 is 2.53 bits per heavy atom. The molecule has 1 amide bonds. The first-order valence-corrected chi connectivity index (χ1v) is 11.9. The fourth-order valence-corrected chi connectivity index (χ4v) is 4.95. The molecule has 2 aliphatic heterocycles. The first kappa shape index (κ1) is 23.8. The van der Waals surface area contributed by atoms with E-state index in [1.807, 2.05) is 30.3 Å². The molecular formula is C26H28N4O6. The summed E-state index contributed by atoms with van der Waals surface area (Å²) in [5.74, 6) is 1.31. The molecule has 5 rings (SSSR count). The Morgan fingerprint density at radius 1 is 1.11 bits per heavy atom. The van der Waals surface area contributed by atoms with Crippen LogP contribution in [0, 0.1) is 24.0 Å². The zero-order valence-electron chi connectivity index (χ0n) is 20.3. The van der Waals surface area contributed by atoms with E-state index in [1.54, 1.807) is 30.7 Å². The van der Waals surface area contributed by atoms with Crippen molar-refractivity contribution in [2.75, 3.05) is 26.6 Å². The summed E-state index contributed by atoms with van der Waals surface area (Å²) in [5.41, 5.74) is 3.22. The summed E-state index contributed by atoms with van der Waals surface area (Å²) in [5, 5.41) is 18.7. The first-order chi connectivity index (χ1) is 17.4. The Labute approximate surface area is 208 Å². The molecule has 3 heterocycles. The molecule has 0 spiro atoms. The Morgan fingerprint density at radius 2 is 1.83 bits per heavy atom. The smallest absolute Gasteiger partial charge is 0.312 e. The van der Waals surface area contributed by atoms with Gasteiger partial charge in [0.25, 0.3) is 5.91 Å². The molecule has 2 aromatic carbocycles. The van der Waals surface area contributed by atoms with Gasteiger partial charge in [-0.2, -0.15) is 5.10 Å². The van der Waals surface area contributed by atoms with Crippen LogP contribution in [0.3, 0.4) is 0 Å².